The zero-order valence-electron chi connectivity index (χ0n) is 7.47. The molecule has 2 rings (SSSR count). The van der Waals surface area contributed by atoms with Gasteiger partial charge in [-0.2, -0.15) is 4.37 Å². The molecule has 0 aromatic carbocycles. The molecule has 0 radical (unpaired) electrons. The number of anilines is 1. The number of pyridine rings is 1. The highest BCUT2D eigenvalue weighted by Gasteiger charge is 2.03. The maximum Gasteiger partial charge on any atom is 0.174 e. The lowest BCUT2D eigenvalue weighted by atomic mass is 10.5. The summed E-state index contributed by atoms with van der Waals surface area (Å²) in [5.41, 5.74) is 5.56. The highest BCUT2D eigenvalue weighted by Crippen LogP contribution is 2.28. The summed E-state index contributed by atoms with van der Waals surface area (Å²) in [7, 11) is 0. The van der Waals surface area contributed by atoms with Crippen molar-refractivity contribution >= 4 is 29.1 Å². The zero-order chi connectivity index (χ0) is 9.97. The molecule has 0 fully saturated rings. The van der Waals surface area contributed by atoms with Gasteiger partial charge in [0.1, 0.15) is 11.6 Å². The number of aryl methyl sites for hydroxylation is 1. The maximum absolute atomic E-state index is 5.56. The van der Waals surface area contributed by atoms with Crippen LogP contribution in [0.3, 0.4) is 0 Å². The molecule has 0 aliphatic heterocycles. The average molecular weight is 224 g/mol. The fourth-order valence-corrected chi connectivity index (χ4v) is 2.57. The molecular formula is C8H8N4S2. The summed E-state index contributed by atoms with van der Waals surface area (Å²) in [5.74, 6) is 1.33. The van der Waals surface area contributed by atoms with Crippen LogP contribution in [0.2, 0.25) is 0 Å². The topological polar surface area (TPSA) is 64.7 Å². The molecule has 0 aliphatic carbocycles. The lowest BCUT2D eigenvalue weighted by Crippen LogP contribution is -1.88. The third-order valence-corrected chi connectivity index (χ3v) is 3.30. The Morgan fingerprint density at radius 2 is 2.36 bits per heavy atom. The van der Waals surface area contributed by atoms with E-state index in [0.29, 0.717) is 5.82 Å². The molecule has 0 amide bonds. The van der Waals surface area contributed by atoms with Crippen molar-refractivity contribution in [3.05, 3.63) is 24.2 Å². The van der Waals surface area contributed by atoms with Crippen LogP contribution in [-0.2, 0) is 0 Å². The van der Waals surface area contributed by atoms with E-state index in [2.05, 4.69) is 14.3 Å². The van der Waals surface area contributed by atoms with Gasteiger partial charge in [-0.1, -0.05) is 11.8 Å². The van der Waals surface area contributed by atoms with Crippen LogP contribution in [0.25, 0.3) is 0 Å². The number of nitrogens with two attached hydrogens (primary N) is 1. The molecule has 2 aromatic heterocycles. The van der Waals surface area contributed by atoms with Crippen molar-refractivity contribution in [2.24, 2.45) is 0 Å². The van der Waals surface area contributed by atoms with Crippen molar-refractivity contribution in [2.45, 2.75) is 16.2 Å². The first-order valence-corrected chi connectivity index (χ1v) is 5.53. The van der Waals surface area contributed by atoms with E-state index in [1.54, 1.807) is 18.0 Å². The Hall–Kier alpha value is -1.14. The third kappa shape index (κ3) is 2.21. The third-order valence-electron chi connectivity index (χ3n) is 1.47. The van der Waals surface area contributed by atoms with Crippen molar-refractivity contribution in [1.82, 2.24) is 14.3 Å². The SMILES string of the molecule is Cc1nsc(Sc2ccnc(N)c2)n1. The van der Waals surface area contributed by atoms with E-state index in [1.807, 2.05) is 19.1 Å². The minimum absolute atomic E-state index is 0.524. The normalized spacial score (nSPS) is 10.4. The fraction of sp³-hybridized carbons (Fsp3) is 0.125. The highest BCUT2D eigenvalue weighted by molar-refractivity contribution is 8.01. The van der Waals surface area contributed by atoms with Crippen LogP contribution in [0, 0.1) is 6.92 Å². The van der Waals surface area contributed by atoms with Crippen LogP contribution < -0.4 is 5.73 Å². The molecule has 0 saturated heterocycles. The van der Waals surface area contributed by atoms with Crippen molar-refractivity contribution < 1.29 is 0 Å². The van der Waals surface area contributed by atoms with E-state index in [-0.39, 0.29) is 0 Å². The first-order valence-electron chi connectivity index (χ1n) is 3.94. The van der Waals surface area contributed by atoms with Gasteiger partial charge in [0.15, 0.2) is 4.34 Å². The Morgan fingerprint density at radius 1 is 1.50 bits per heavy atom. The molecule has 72 valence electrons. The van der Waals surface area contributed by atoms with E-state index >= 15 is 0 Å². The van der Waals surface area contributed by atoms with Crippen LogP contribution in [0.1, 0.15) is 5.82 Å². The first kappa shape index (κ1) is 9.42. The Labute approximate surface area is 89.8 Å². The lowest BCUT2D eigenvalue weighted by Gasteiger charge is -1.96. The summed E-state index contributed by atoms with van der Waals surface area (Å²) < 4.78 is 5.02. The summed E-state index contributed by atoms with van der Waals surface area (Å²) in [4.78, 5) is 9.20. The second kappa shape index (κ2) is 3.93. The molecule has 2 aromatic rings. The molecular weight excluding hydrogens is 216 g/mol. The smallest absolute Gasteiger partial charge is 0.174 e. The van der Waals surface area contributed by atoms with Gasteiger partial charge < -0.3 is 5.73 Å². The van der Waals surface area contributed by atoms with Gasteiger partial charge in [-0.05, 0) is 30.6 Å². The summed E-state index contributed by atoms with van der Waals surface area (Å²) in [6, 6.07) is 3.72. The summed E-state index contributed by atoms with van der Waals surface area (Å²) >= 11 is 2.94. The Bertz CT molecular complexity index is 440. The van der Waals surface area contributed by atoms with E-state index in [4.69, 9.17) is 5.73 Å². The molecule has 2 heterocycles. The van der Waals surface area contributed by atoms with Crippen LogP contribution in [-0.4, -0.2) is 14.3 Å². The van der Waals surface area contributed by atoms with Gasteiger partial charge >= 0.3 is 0 Å². The predicted molar refractivity (Wildman–Crippen MR) is 57.4 cm³/mol. The van der Waals surface area contributed by atoms with Crippen LogP contribution >= 0.6 is 23.3 Å². The van der Waals surface area contributed by atoms with E-state index < -0.39 is 0 Å². The first-order chi connectivity index (χ1) is 6.74. The predicted octanol–water partition coefficient (Wildman–Crippen LogP) is 1.97. The standard InChI is InChI=1S/C8H8N4S2/c1-5-11-8(14-12-5)13-6-2-3-10-7(9)4-6/h2-4H,1H3,(H2,9,10). The molecule has 0 bridgehead atoms. The zero-order valence-corrected chi connectivity index (χ0v) is 9.10. The fourth-order valence-electron chi connectivity index (χ4n) is 0.912. The molecule has 0 aliphatic rings. The lowest BCUT2D eigenvalue weighted by molar-refractivity contribution is 1.10. The molecule has 2 N–H and O–H groups in total. The number of nitrogens with zero attached hydrogens (tertiary/aromatic N) is 3. The van der Waals surface area contributed by atoms with Gasteiger partial charge in [0, 0.05) is 11.1 Å². The molecule has 6 heteroatoms. The Balaban J connectivity index is 2.18. The van der Waals surface area contributed by atoms with Gasteiger partial charge in [-0.15, -0.1) is 0 Å². The van der Waals surface area contributed by atoms with E-state index in [9.17, 15) is 0 Å². The van der Waals surface area contributed by atoms with Gasteiger partial charge in [0.05, 0.1) is 0 Å². The molecule has 0 saturated carbocycles. The second-order valence-electron chi connectivity index (χ2n) is 2.63. The summed E-state index contributed by atoms with van der Waals surface area (Å²) in [5, 5.41) is 0. The van der Waals surface area contributed by atoms with E-state index in [1.165, 1.54) is 11.5 Å². The van der Waals surface area contributed by atoms with E-state index in [0.717, 1.165) is 15.1 Å². The molecule has 4 nitrogen and oxygen atoms in total. The molecule has 0 unspecified atom stereocenters. The highest BCUT2D eigenvalue weighted by atomic mass is 32.2. The largest absolute Gasteiger partial charge is 0.384 e. The minimum Gasteiger partial charge on any atom is -0.384 e. The number of rotatable bonds is 2. The minimum atomic E-state index is 0.524. The Kier molecular flexibility index (Phi) is 2.64. The summed E-state index contributed by atoms with van der Waals surface area (Å²) in [6.07, 6.45) is 1.69. The van der Waals surface area contributed by atoms with Gasteiger partial charge in [0.2, 0.25) is 0 Å². The van der Waals surface area contributed by atoms with Gasteiger partial charge in [-0.25, -0.2) is 9.97 Å². The molecule has 14 heavy (non-hydrogen) atoms. The monoisotopic (exact) mass is 224 g/mol. The Morgan fingerprint density at radius 3 is 3.00 bits per heavy atom. The molecule has 0 atom stereocenters. The van der Waals surface area contributed by atoms with Gasteiger partial charge in [-0.3, -0.25) is 0 Å². The van der Waals surface area contributed by atoms with Crippen LogP contribution in [0.4, 0.5) is 5.82 Å². The van der Waals surface area contributed by atoms with Gasteiger partial charge in [0.25, 0.3) is 0 Å². The number of hydrogen-bond donors (Lipinski definition) is 1. The summed E-state index contributed by atoms with van der Waals surface area (Å²) in [6.45, 7) is 1.88. The average Bonchev–Trinajstić information content (AvgIpc) is 2.51. The number of aromatic nitrogens is 3. The van der Waals surface area contributed by atoms with Crippen LogP contribution in [0.15, 0.2) is 27.6 Å². The molecule has 0 spiro atoms. The maximum atomic E-state index is 5.56. The second-order valence-corrected chi connectivity index (χ2v) is 4.70. The van der Waals surface area contributed by atoms with Crippen molar-refractivity contribution in [3.8, 4) is 0 Å². The number of hydrogen-bond acceptors (Lipinski definition) is 6. The van der Waals surface area contributed by atoms with Crippen molar-refractivity contribution in [1.29, 1.82) is 0 Å². The van der Waals surface area contributed by atoms with Crippen molar-refractivity contribution in [2.75, 3.05) is 5.73 Å². The van der Waals surface area contributed by atoms with Crippen LogP contribution in [0.5, 0.6) is 0 Å². The van der Waals surface area contributed by atoms with Crippen molar-refractivity contribution in [3.63, 3.8) is 0 Å². The quantitative estimate of drug-likeness (QED) is 0.845. The number of nitrogen functional groups attached to an aromatic ring is 1.